The van der Waals surface area contributed by atoms with Crippen LogP contribution in [0.15, 0.2) is 0 Å². The van der Waals surface area contributed by atoms with Crippen molar-refractivity contribution in [3.63, 3.8) is 0 Å². The number of nitrogens with one attached hydrogen (secondary N) is 2. The van der Waals surface area contributed by atoms with Gasteiger partial charge in [-0.05, 0) is 19.3 Å². The number of unbranched alkanes of at least 4 members (excludes halogenated alkanes) is 13. The first kappa shape index (κ1) is 29.9. The molecular weight excluding hydrogens is 412 g/mol. The number of amides is 2. The molecule has 0 aliphatic carbocycles. The van der Waals surface area contributed by atoms with Crippen LogP contribution in [0.1, 0.15) is 116 Å². The van der Waals surface area contributed by atoms with Crippen LogP contribution in [0.3, 0.4) is 0 Å². The van der Waals surface area contributed by atoms with Crippen LogP contribution < -0.4 is 10.6 Å². The van der Waals surface area contributed by atoms with E-state index in [9.17, 15) is 19.2 Å². The lowest BCUT2D eigenvalue weighted by molar-refractivity contribution is -0.138. The molecule has 0 aromatic carbocycles. The van der Waals surface area contributed by atoms with Gasteiger partial charge in [-0.25, -0.2) is 0 Å². The van der Waals surface area contributed by atoms with Gasteiger partial charge in [-0.2, -0.15) is 0 Å². The molecule has 1 atom stereocenters. The summed E-state index contributed by atoms with van der Waals surface area (Å²) in [5.74, 6) is -2.25. The summed E-state index contributed by atoms with van der Waals surface area (Å²) in [6.07, 6.45) is 16.3. The third-order valence-electron chi connectivity index (χ3n) is 5.59. The number of hydrogen-bond donors (Lipinski definition) is 4. The molecule has 32 heavy (non-hydrogen) atoms. The van der Waals surface area contributed by atoms with Crippen molar-refractivity contribution in [1.82, 2.24) is 10.6 Å². The summed E-state index contributed by atoms with van der Waals surface area (Å²) in [4.78, 5) is 44.9. The van der Waals surface area contributed by atoms with Gasteiger partial charge in [0.1, 0.15) is 6.04 Å². The van der Waals surface area contributed by atoms with Crippen LogP contribution in [-0.4, -0.2) is 47.1 Å². The Hall–Kier alpha value is -2.12. The van der Waals surface area contributed by atoms with Gasteiger partial charge in [0.05, 0.1) is 0 Å². The highest BCUT2D eigenvalue weighted by Crippen LogP contribution is 2.14. The molecule has 186 valence electrons. The molecule has 0 radical (unpaired) electrons. The van der Waals surface area contributed by atoms with Crippen LogP contribution in [0, 0.1) is 0 Å². The van der Waals surface area contributed by atoms with Crippen molar-refractivity contribution in [2.24, 2.45) is 0 Å². The first-order valence-electron chi connectivity index (χ1n) is 12.3. The monoisotopic (exact) mass is 456 g/mol. The summed E-state index contributed by atoms with van der Waals surface area (Å²) >= 11 is 0. The van der Waals surface area contributed by atoms with E-state index in [4.69, 9.17) is 10.2 Å². The zero-order valence-electron chi connectivity index (χ0n) is 19.8. The van der Waals surface area contributed by atoms with Gasteiger partial charge in [0.2, 0.25) is 11.8 Å². The number of carboxylic acids is 2. The van der Waals surface area contributed by atoms with Crippen molar-refractivity contribution in [3.05, 3.63) is 0 Å². The van der Waals surface area contributed by atoms with Gasteiger partial charge in [0.15, 0.2) is 0 Å². The molecule has 0 saturated heterocycles. The van der Waals surface area contributed by atoms with Crippen LogP contribution in [0.5, 0.6) is 0 Å². The maximum atomic E-state index is 12.0. The summed E-state index contributed by atoms with van der Waals surface area (Å²) in [5.41, 5.74) is 0. The van der Waals surface area contributed by atoms with Crippen molar-refractivity contribution in [2.45, 2.75) is 122 Å². The summed E-state index contributed by atoms with van der Waals surface area (Å²) in [6.45, 7) is 0. The average Bonchev–Trinajstić information content (AvgIpc) is 2.75. The predicted molar refractivity (Wildman–Crippen MR) is 124 cm³/mol. The summed E-state index contributed by atoms with van der Waals surface area (Å²) in [7, 11) is 1.47. The second-order valence-corrected chi connectivity index (χ2v) is 8.51. The highest BCUT2D eigenvalue weighted by molar-refractivity contribution is 5.87. The first-order valence-corrected chi connectivity index (χ1v) is 12.3. The van der Waals surface area contributed by atoms with Crippen LogP contribution in [0.25, 0.3) is 0 Å². The van der Waals surface area contributed by atoms with Gasteiger partial charge in [0, 0.05) is 26.3 Å². The third-order valence-corrected chi connectivity index (χ3v) is 5.59. The molecule has 0 fully saturated rings. The molecule has 0 spiro atoms. The van der Waals surface area contributed by atoms with Gasteiger partial charge >= 0.3 is 11.9 Å². The quantitative estimate of drug-likeness (QED) is 0.178. The Morgan fingerprint density at radius 3 is 1.34 bits per heavy atom. The van der Waals surface area contributed by atoms with E-state index < -0.39 is 18.0 Å². The minimum absolute atomic E-state index is 0.0908. The number of aliphatic carboxylic acids is 2. The number of carbonyl (C=O) groups excluding carboxylic acids is 2. The fraction of sp³-hybridized carbons (Fsp3) is 0.833. The Labute approximate surface area is 192 Å². The van der Waals surface area contributed by atoms with Gasteiger partial charge in [0.25, 0.3) is 0 Å². The number of carboxylic acid groups (broad SMARTS) is 2. The normalized spacial score (nSPS) is 11.7. The van der Waals surface area contributed by atoms with Crippen molar-refractivity contribution < 1.29 is 29.4 Å². The molecule has 0 bridgehead atoms. The highest BCUT2D eigenvalue weighted by Gasteiger charge is 2.20. The molecule has 8 nitrogen and oxygen atoms in total. The largest absolute Gasteiger partial charge is 0.481 e. The van der Waals surface area contributed by atoms with E-state index in [0.29, 0.717) is 12.8 Å². The highest BCUT2D eigenvalue weighted by atomic mass is 16.4. The minimum atomic E-state index is -0.988. The second kappa shape index (κ2) is 20.8. The average molecular weight is 457 g/mol. The Kier molecular flexibility index (Phi) is 19.4. The maximum Gasteiger partial charge on any atom is 0.303 e. The van der Waals surface area contributed by atoms with Crippen molar-refractivity contribution in [3.8, 4) is 0 Å². The Morgan fingerprint density at radius 2 is 0.969 bits per heavy atom. The molecule has 0 aromatic heterocycles. The van der Waals surface area contributed by atoms with E-state index in [-0.39, 0.29) is 24.7 Å². The molecule has 4 N–H and O–H groups in total. The van der Waals surface area contributed by atoms with Crippen LogP contribution in [0.4, 0.5) is 0 Å². The molecule has 2 amide bonds. The summed E-state index contributed by atoms with van der Waals surface area (Å²) < 4.78 is 0. The van der Waals surface area contributed by atoms with E-state index in [1.807, 2.05) is 0 Å². The predicted octanol–water partition coefficient (Wildman–Crippen LogP) is 4.41. The second-order valence-electron chi connectivity index (χ2n) is 8.51. The first-order chi connectivity index (χ1) is 15.4. The molecule has 0 aromatic rings. The third kappa shape index (κ3) is 19.8. The fourth-order valence-corrected chi connectivity index (χ4v) is 3.66. The van der Waals surface area contributed by atoms with E-state index in [2.05, 4.69) is 10.6 Å². The zero-order valence-corrected chi connectivity index (χ0v) is 19.8. The smallest absolute Gasteiger partial charge is 0.303 e. The van der Waals surface area contributed by atoms with E-state index >= 15 is 0 Å². The van der Waals surface area contributed by atoms with Crippen molar-refractivity contribution in [2.75, 3.05) is 7.05 Å². The van der Waals surface area contributed by atoms with Crippen LogP contribution in [-0.2, 0) is 19.2 Å². The Bertz CT molecular complexity index is 539. The molecule has 0 heterocycles. The van der Waals surface area contributed by atoms with Gasteiger partial charge in [-0.3, -0.25) is 19.2 Å². The number of likely N-dealkylation sites (N-methyl/N-ethyl adjacent to an activating group) is 1. The molecule has 8 heteroatoms. The lowest BCUT2D eigenvalue weighted by atomic mass is 10.0. The van der Waals surface area contributed by atoms with Gasteiger partial charge in [-0.15, -0.1) is 0 Å². The van der Waals surface area contributed by atoms with E-state index in [0.717, 1.165) is 38.5 Å². The number of hydrogen-bond acceptors (Lipinski definition) is 4. The van der Waals surface area contributed by atoms with E-state index in [1.165, 1.54) is 58.4 Å². The number of rotatable bonds is 22. The topological polar surface area (TPSA) is 133 Å². The maximum absolute atomic E-state index is 12.0. The lowest BCUT2D eigenvalue weighted by Crippen LogP contribution is -2.45. The van der Waals surface area contributed by atoms with Gasteiger partial charge < -0.3 is 20.8 Å². The van der Waals surface area contributed by atoms with Crippen molar-refractivity contribution >= 4 is 23.8 Å². The lowest BCUT2D eigenvalue weighted by Gasteiger charge is -2.16. The van der Waals surface area contributed by atoms with Crippen LogP contribution in [0.2, 0.25) is 0 Å². The zero-order chi connectivity index (χ0) is 24.0. The Morgan fingerprint density at radius 1 is 0.594 bits per heavy atom. The summed E-state index contributed by atoms with van der Waals surface area (Å²) in [5, 5.41) is 22.4. The van der Waals surface area contributed by atoms with Crippen molar-refractivity contribution in [1.29, 1.82) is 0 Å². The minimum Gasteiger partial charge on any atom is -0.481 e. The molecule has 0 unspecified atom stereocenters. The van der Waals surface area contributed by atoms with Gasteiger partial charge in [-0.1, -0.05) is 77.0 Å². The molecule has 0 saturated carbocycles. The molecule has 0 rings (SSSR count). The van der Waals surface area contributed by atoms with E-state index in [1.54, 1.807) is 0 Å². The standard InChI is InChI=1S/C24H44N2O6/c1-25-24(32)20(18-19-23(30)31)26-21(27)16-14-12-10-8-6-4-2-3-5-7-9-11-13-15-17-22(28)29/h20H,2-19H2,1H3,(H,25,32)(H,26,27)(H,28,29)(H,30,31)/t20-/m0/s1. The molecule has 0 aliphatic rings. The molecular formula is C24H44N2O6. The Balaban J connectivity index is 3.51. The number of carbonyl (C=O) groups is 4. The van der Waals surface area contributed by atoms with Crippen LogP contribution >= 0.6 is 0 Å². The summed E-state index contributed by atoms with van der Waals surface area (Å²) in [6, 6.07) is -0.791. The molecule has 0 aliphatic heterocycles. The SMILES string of the molecule is CNC(=O)[C@H](CCC(=O)O)NC(=O)CCCCCCCCCCCCCCCCC(=O)O. The fourth-order valence-electron chi connectivity index (χ4n) is 3.66.